The van der Waals surface area contributed by atoms with Crippen molar-refractivity contribution in [1.29, 1.82) is 0 Å². The molecule has 0 radical (unpaired) electrons. The SMILES string of the molecule is Cc1nc(OCc2cscn2)c2c(-c3ccnc(N)c3)c[nH]c2n1. The molecule has 4 aromatic rings. The second kappa shape index (κ2) is 5.89. The predicted molar refractivity (Wildman–Crippen MR) is 92.7 cm³/mol. The highest BCUT2D eigenvalue weighted by Crippen LogP contribution is 2.34. The van der Waals surface area contributed by atoms with Gasteiger partial charge < -0.3 is 15.5 Å². The van der Waals surface area contributed by atoms with Gasteiger partial charge in [0, 0.05) is 23.3 Å². The van der Waals surface area contributed by atoms with Gasteiger partial charge in [0.1, 0.15) is 23.9 Å². The summed E-state index contributed by atoms with van der Waals surface area (Å²) in [6, 6.07) is 3.70. The molecule has 0 fully saturated rings. The van der Waals surface area contributed by atoms with E-state index in [0.29, 0.717) is 24.1 Å². The number of nitrogens with zero attached hydrogens (tertiary/aromatic N) is 4. The van der Waals surface area contributed by atoms with Crippen LogP contribution < -0.4 is 10.5 Å². The van der Waals surface area contributed by atoms with Crippen LogP contribution in [0.25, 0.3) is 22.2 Å². The molecule has 0 spiro atoms. The number of hydrogen-bond donors (Lipinski definition) is 2. The smallest absolute Gasteiger partial charge is 0.227 e. The predicted octanol–water partition coefficient (Wildman–Crippen LogP) is 2.95. The Morgan fingerprint density at radius 1 is 1.29 bits per heavy atom. The molecule has 0 aliphatic rings. The van der Waals surface area contributed by atoms with Crippen LogP contribution in [0.4, 0.5) is 5.82 Å². The molecule has 0 atom stereocenters. The van der Waals surface area contributed by atoms with Crippen molar-refractivity contribution in [2.45, 2.75) is 13.5 Å². The average molecular weight is 338 g/mol. The summed E-state index contributed by atoms with van der Waals surface area (Å²) in [5, 5.41) is 2.77. The zero-order valence-electron chi connectivity index (χ0n) is 12.9. The standard InChI is InChI=1S/C16H14N6OS/c1-9-21-15-14(16(22-9)23-6-11-7-24-8-20-11)12(5-19-15)10-2-3-18-13(17)4-10/h2-5,7-8H,6H2,1H3,(H2,17,18)(H,19,21,22). The largest absolute Gasteiger partial charge is 0.471 e. The number of fused-ring (bicyclic) bond motifs is 1. The molecule has 8 heteroatoms. The quantitative estimate of drug-likeness (QED) is 0.593. The molecule has 0 unspecified atom stereocenters. The van der Waals surface area contributed by atoms with E-state index in [1.54, 1.807) is 11.7 Å². The third kappa shape index (κ3) is 2.67. The van der Waals surface area contributed by atoms with Crippen LogP contribution in [0.5, 0.6) is 5.88 Å². The van der Waals surface area contributed by atoms with Gasteiger partial charge in [-0.05, 0) is 24.6 Å². The van der Waals surface area contributed by atoms with Gasteiger partial charge in [-0.15, -0.1) is 11.3 Å². The molecular formula is C16H14N6OS. The molecule has 0 saturated carbocycles. The van der Waals surface area contributed by atoms with E-state index in [-0.39, 0.29) is 0 Å². The van der Waals surface area contributed by atoms with Crippen LogP contribution in [0.1, 0.15) is 11.5 Å². The number of thiazole rings is 1. The van der Waals surface area contributed by atoms with Gasteiger partial charge >= 0.3 is 0 Å². The molecule has 24 heavy (non-hydrogen) atoms. The number of rotatable bonds is 4. The second-order valence-electron chi connectivity index (χ2n) is 5.24. The summed E-state index contributed by atoms with van der Waals surface area (Å²) >= 11 is 1.53. The van der Waals surface area contributed by atoms with E-state index in [4.69, 9.17) is 10.5 Å². The summed E-state index contributed by atoms with van der Waals surface area (Å²) < 4.78 is 5.92. The summed E-state index contributed by atoms with van der Waals surface area (Å²) in [6.07, 6.45) is 3.55. The Bertz CT molecular complexity index is 995. The Kier molecular flexibility index (Phi) is 3.58. The normalized spacial score (nSPS) is 11.0. The molecule has 0 aromatic carbocycles. The topological polar surface area (TPSA) is 103 Å². The lowest BCUT2D eigenvalue weighted by Gasteiger charge is -2.08. The van der Waals surface area contributed by atoms with Crippen molar-refractivity contribution in [3.8, 4) is 17.0 Å². The first-order valence-electron chi connectivity index (χ1n) is 7.28. The minimum absolute atomic E-state index is 0.359. The van der Waals surface area contributed by atoms with E-state index in [9.17, 15) is 0 Å². The number of nitrogens with one attached hydrogen (secondary N) is 1. The third-order valence-electron chi connectivity index (χ3n) is 3.54. The van der Waals surface area contributed by atoms with Crippen molar-refractivity contribution in [2.24, 2.45) is 0 Å². The number of aromatic amines is 1. The van der Waals surface area contributed by atoms with Crippen molar-refractivity contribution >= 4 is 28.2 Å². The maximum absolute atomic E-state index is 5.92. The average Bonchev–Trinajstić information content (AvgIpc) is 3.22. The van der Waals surface area contributed by atoms with Crippen LogP contribution in [0.2, 0.25) is 0 Å². The minimum atomic E-state index is 0.359. The highest BCUT2D eigenvalue weighted by molar-refractivity contribution is 7.07. The molecule has 4 heterocycles. The Balaban J connectivity index is 1.81. The highest BCUT2D eigenvalue weighted by atomic mass is 32.1. The number of ether oxygens (including phenoxy) is 1. The highest BCUT2D eigenvalue weighted by Gasteiger charge is 2.16. The van der Waals surface area contributed by atoms with Gasteiger partial charge in [0.15, 0.2) is 0 Å². The maximum atomic E-state index is 5.92. The maximum Gasteiger partial charge on any atom is 0.227 e. The van der Waals surface area contributed by atoms with Gasteiger partial charge in [-0.2, -0.15) is 4.98 Å². The number of aryl methyl sites for hydroxylation is 1. The van der Waals surface area contributed by atoms with Crippen molar-refractivity contribution in [1.82, 2.24) is 24.9 Å². The zero-order valence-corrected chi connectivity index (χ0v) is 13.7. The van der Waals surface area contributed by atoms with Crippen LogP contribution in [0.15, 0.2) is 35.4 Å². The van der Waals surface area contributed by atoms with Crippen molar-refractivity contribution in [2.75, 3.05) is 5.73 Å². The third-order valence-corrected chi connectivity index (χ3v) is 4.18. The summed E-state index contributed by atoms with van der Waals surface area (Å²) in [6.45, 7) is 2.19. The number of aromatic nitrogens is 5. The monoisotopic (exact) mass is 338 g/mol. The first kappa shape index (κ1) is 14.6. The van der Waals surface area contributed by atoms with Crippen molar-refractivity contribution < 1.29 is 4.74 Å². The van der Waals surface area contributed by atoms with Gasteiger partial charge in [-0.1, -0.05) is 0 Å². The number of pyridine rings is 1. The molecule has 120 valence electrons. The second-order valence-corrected chi connectivity index (χ2v) is 5.96. The van der Waals surface area contributed by atoms with Gasteiger partial charge in [0.05, 0.1) is 16.6 Å². The summed E-state index contributed by atoms with van der Waals surface area (Å²) in [4.78, 5) is 20.3. The number of nitrogen functional groups attached to an aromatic ring is 1. The Hall–Kier alpha value is -3.00. The van der Waals surface area contributed by atoms with Crippen LogP contribution in [-0.4, -0.2) is 24.9 Å². The van der Waals surface area contributed by atoms with E-state index in [1.807, 2.05) is 30.6 Å². The summed E-state index contributed by atoms with van der Waals surface area (Å²) in [7, 11) is 0. The summed E-state index contributed by atoms with van der Waals surface area (Å²) in [5.41, 5.74) is 11.0. The lowest BCUT2D eigenvalue weighted by atomic mass is 10.1. The molecular weight excluding hydrogens is 324 g/mol. The van der Waals surface area contributed by atoms with E-state index in [0.717, 1.165) is 27.9 Å². The number of H-pyrrole nitrogens is 1. The lowest BCUT2D eigenvalue weighted by Crippen LogP contribution is -2.01. The number of hydrogen-bond acceptors (Lipinski definition) is 7. The van der Waals surface area contributed by atoms with Crippen molar-refractivity contribution in [3.05, 3.63) is 46.9 Å². The molecule has 0 saturated heterocycles. The van der Waals surface area contributed by atoms with E-state index < -0.39 is 0 Å². The Morgan fingerprint density at radius 2 is 2.21 bits per heavy atom. The summed E-state index contributed by atoms with van der Waals surface area (Å²) in [5.74, 6) is 1.62. The van der Waals surface area contributed by atoms with Gasteiger partial charge in [0.25, 0.3) is 0 Å². The fraction of sp³-hybridized carbons (Fsp3) is 0.125. The molecule has 4 rings (SSSR count). The van der Waals surface area contributed by atoms with E-state index in [2.05, 4.69) is 24.9 Å². The van der Waals surface area contributed by atoms with Gasteiger partial charge in [0.2, 0.25) is 5.88 Å². The van der Waals surface area contributed by atoms with Crippen LogP contribution in [-0.2, 0) is 6.61 Å². The molecule has 4 aromatic heterocycles. The number of anilines is 1. The zero-order chi connectivity index (χ0) is 16.5. The van der Waals surface area contributed by atoms with E-state index >= 15 is 0 Å². The molecule has 3 N–H and O–H groups in total. The van der Waals surface area contributed by atoms with Crippen LogP contribution in [0, 0.1) is 6.92 Å². The van der Waals surface area contributed by atoms with E-state index in [1.165, 1.54) is 11.3 Å². The molecule has 0 aliphatic heterocycles. The van der Waals surface area contributed by atoms with Crippen LogP contribution in [0.3, 0.4) is 0 Å². The molecule has 7 nitrogen and oxygen atoms in total. The fourth-order valence-electron chi connectivity index (χ4n) is 2.51. The van der Waals surface area contributed by atoms with Crippen molar-refractivity contribution in [3.63, 3.8) is 0 Å². The first-order chi connectivity index (χ1) is 11.7. The fourth-order valence-corrected chi connectivity index (χ4v) is 3.05. The number of nitrogens with two attached hydrogens (primary N) is 1. The molecule has 0 amide bonds. The first-order valence-corrected chi connectivity index (χ1v) is 8.22. The molecule has 0 bridgehead atoms. The van der Waals surface area contributed by atoms with Gasteiger partial charge in [-0.3, -0.25) is 0 Å². The molecule has 0 aliphatic carbocycles. The Morgan fingerprint density at radius 3 is 3.00 bits per heavy atom. The van der Waals surface area contributed by atoms with Crippen LogP contribution >= 0.6 is 11.3 Å². The minimum Gasteiger partial charge on any atom is -0.471 e. The lowest BCUT2D eigenvalue weighted by molar-refractivity contribution is 0.293. The Labute approximate surface area is 141 Å². The van der Waals surface area contributed by atoms with Gasteiger partial charge in [-0.25, -0.2) is 15.0 Å².